The molecule has 0 radical (unpaired) electrons. The largest absolute Gasteiger partial charge is 0.508 e. The molecule has 0 spiro atoms. The first-order valence-electron chi connectivity index (χ1n) is 8.08. The van der Waals surface area contributed by atoms with Gasteiger partial charge in [-0.25, -0.2) is 0 Å². The molecule has 1 aliphatic rings. The number of aliphatic hydroxyl groups is 2. The zero-order valence-corrected chi connectivity index (χ0v) is 14.6. The quantitative estimate of drug-likeness (QED) is 0.777. The number of phenols is 1. The van der Waals surface area contributed by atoms with Gasteiger partial charge in [0.25, 0.3) is 0 Å². The molecule has 4 atom stereocenters. The number of aliphatic hydroxyl groups excluding tert-OH is 2. The van der Waals surface area contributed by atoms with Crippen molar-refractivity contribution in [1.29, 1.82) is 0 Å². The summed E-state index contributed by atoms with van der Waals surface area (Å²) in [6.45, 7) is 0. The first-order valence-corrected chi connectivity index (χ1v) is 8.46. The van der Waals surface area contributed by atoms with Gasteiger partial charge >= 0.3 is 0 Å². The van der Waals surface area contributed by atoms with Crippen molar-refractivity contribution < 1.29 is 24.8 Å². The molecule has 3 unspecified atom stereocenters. The molecular formula is C19H21ClO5. The maximum atomic E-state index is 10.3. The summed E-state index contributed by atoms with van der Waals surface area (Å²) < 4.78 is 10.8. The minimum Gasteiger partial charge on any atom is -0.508 e. The van der Waals surface area contributed by atoms with Gasteiger partial charge in [-0.2, -0.15) is 0 Å². The third kappa shape index (κ3) is 4.14. The van der Waals surface area contributed by atoms with Crippen molar-refractivity contribution in [2.45, 2.75) is 37.4 Å². The Morgan fingerprint density at radius 1 is 1.12 bits per heavy atom. The van der Waals surface area contributed by atoms with E-state index < -0.39 is 24.6 Å². The minimum absolute atomic E-state index is 0.180. The Bertz CT molecular complexity index is 718. The zero-order valence-electron chi connectivity index (χ0n) is 13.8. The molecule has 3 N–H and O–H groups in total. The summed E-state index contributed by atoms with van der Waals surface area (Å²) in [5.74, 6) is 0.214. The molecule has 5 nitrogen and oxygen atoms in total. The molecule has 1 heterocycles. The molecule has 2 aromatic carbocycles. The third-order valence-electron chi connectivity index (χ3n) is 4.39. The van der Waals surface area contributed by atoms with Crippen molar-refractivity contribution >= 4 is 11.6 Å². The molecule has 134 valence electrons. The van der Waals surface area contributed by atoms with Crippen LogP contribution in [0.4, 0.5) is 0 Å². The SMILES string of the molecule is COC1O[C@@H](c2ccc(Cl)c(Cc3ccc(O)cc3)c2)C(O)CC1O. The minimum atomic E-state index is -0.861. The standard InChI is InChI=1S/C19H21ClO5/c1-24-19-17(23)10-16(22)18(25-19)12-4-7-15(20)13(9-12)8-11-2-5-14(21)6-3-11/h2-7,9,16-19,21-23H,8,10H2,1H3/t16?,17?,18-,19?/m0/s1. The summed E-state index contributed by atoms with van der Waals surface area (Å²) in [7, 11) is 1.46. The molecule has 0 saturated carbocycles. The first kappa shape index (κ1) is 18.2. The lowest BCUT2D eigenvalue weighted by Crippen LogP contribution is -2.43. The predicted molar refractivity (Wildman–Crippen MR) is 93.6 cm³/mol. The monoisotopic (exact) mass is 364 g/mol. The highest BCUT2D eigenvalue weighted by atomic mass is 35.5. The Morgan fingerprint density at radius 2 is 1.84 bits per heavy atom. The number of benzene rings is 2. The fraction of sp³-hybridized carbons (Fsp3) is 0.368. The summed E-state index contributed by atoms with van der Waals surface area (Å²) in [5, 5.41) is 30.2. The van der Waals surface area contributed by atoms with E-state index in [1.807, 2.05) is 18.2 Å². The van der Waals surface area contributed by atoms with Gasteiger partial charge in [-0.05, 0) is 41.3 Å². The molecule has 0 bridgehead atoms. The number of hydrogen-bond donors (Lipinski definition) is 3. The molecule has 2 aromatic rings. The average Bonchev–Trinajstić information content (AvgIpc) is 2.59. The Morgan fingerprint density at radius 3 is 2.52 bits per heavy atom. The van der Waals surface area contributed by atoms with Gasteiger partial charge in [0.2, 0.25) is 0 Å². The van der Waals surface area contributed by atoms with Crippen LogP contribution in [-0.4, -0.2) is 40.9 Å². The average molecular weight is 365 g/mol. The van der Waals surface area contributed by atoms with Crippen LogP contribution in [0, 0.1) is 0 Å². The van der Waals surface area contributed by atoms with Gasteiger partial charge in [0.1, 0.15) is 18.0 Å². The van der Waals surface area contributed by atoms with Crippen molar-refractivity contribution in [3.8, 4) is 5.75 Å². The van der Waals surface area contributed by atoms with E-state index in [1.165, 1.54) is 7.11 Å². The smallest absolute Gasteiger partial charge is 0.184 e. The van der Waals surface area contributed by atoms with Gasteiger partial charge < -0.3 is 24.8 Å². The van der Waals surface area contributed by atoms with Gasteiger partial charge in [0, 0.05) is 18.6 Å². The molecule has 1 aliphatic heterocycles. The Hall–Kier alpha value is -1.63. The fourth-order valence-electron chi connectivity index (χ4n) is 3.06. The number of aromatic hydroxyl groups is 1. The molecule has 25 heavy (non-hydrogen) atoms. The lowest BCUT2D eigenvalue weighted by molar-refractivity contribution is -0.258. The van der Waals surface area contributed by atoms with E-state index in [4.69, 9.17) is 21.1 Å². The lowest BCUT2D eigenvalue weighted by Gasteiger charge is -2.36. The van der Waals surface area contributed by atoms with Crippen LogP contribution in [0.3, 0.4) is 0 Å². The van der Waals surface area contributed by atoms with E-state index in [0.717, 1.165) is 16.7 Å². The van der Waals surface area contributed by atoms with E-state index >= 15 is 0 Å². The summed E-state index contributed by atoms with van der Waals surface area (Å²) in [6, 6.07) is 12.4. The fourth-order valence-corrected chi connectivity index (χ4v) is 3.25. The third-order valence-corrected chi connectivity index (χ3v) is 4.76. The maximum absolute atomic E-state index is 10.3. The molecule has 6 heteroatoms. The highest BCUT2D eigenvalue weighted by molar-refractivity contribution is 6.31. The summed E-state index contributed by atoms with van der Waals surface area (Å²) in [4.78, 5) is 0. The van der Waals surface area contributed by atoms with Crippen LogP contribution < -0.4 is 0 Å². The number of ether oxygens (including phenoxy) is 2. The van der Waals surface area contributed by atoms with Crippen molar-refractivity contribution in [3.05, 3.63) is 64.2 Å². The molecule has 1 saturated heterocycles. The van der Waals surface area contributed by atoms with E-state index in [1.54, 1.807) is 24.3 Å². The van der Waals surface area contributed by atoms with Gasteiger partial charge in [-0.3, -0.25) is 0 Å². The molecular weight excluding hydrogens is 344 g/mol. The van der Waals surface area contributed by atoms with Gasteiger partial charge in [0.05, 0.1) is 6.10 Å². The van der Waals surface area contributed by atoms with Crippen LogP contribution in [0.25, 0.3) is 0 Å². The highest BCUT2D eigenvalue weighted by Crippen LogP contribution is 2.34. The molecule has 0 aliphatic carbocycles. The maximum Gasteiger partial charge on any atom is 0.184 e. The van der Waals surface area contributed by atoms with Crippen LogP contribution in [-0.2, 0) is 15.9 Å². The van der Waals surface area contributed by atoms with Crippen LogP contribution >= 0.6 is 11.6 Å². The van der Waals surface area contributed by atoms with Crippen LogP contribution in [0.2, 0.25) is 5.02 Å². The normalized spacial score (nSPS) is 26.6. The second kappa shape index (κ2) is 7.72. The van der Waals surface area contributed by atoms with Crippen molar-refractivity contribution in [1.82, 2.24) is 0 Å². The lowest BCUT2D eigenvalue weighted by atomic mass is 9.94. The Labute approximate surface area is 151 Å². The second-order valence-corrected chi connectivity index (χ2v) is 6.63. The van der Waals surface area contributed by atoms with E-state index in [2.05, 4.69) is 0 Å². The highest BCUT2D eigenvalue weighted by Gasteiger charge is 2.37. The first-order chi connectivity index (χ1) is 12.0. The second-order valence-electron chi connectivity index (χ2n) is 6.23. The summed E-state index contributed by atoms with van der Waals surface area (Å²) in [5.41, 5.74) is 2.67. The van der Waals surface area contributed by atoms with Crippen molar-refractivity contribution in [3.63, 3.8) is 0 Å². The number of rotatable bonds is 4. The number of hydrogen-bond acceptors (Lipinski definition) is 5. The van der Waals surface area contributed by atoms with Crippen LogP contribution in [0.5, 0.6) is 5.75 Å². The molecule has 0 aromatic heterocycles. The van der Waals surface area contributed by atoms with Crippen molar-refractivity contribution in [2.75, 3.05) is 7.11 Å². The molecule has 1 fully saturated rings. The predicted octanol–water partition coefficient (Wildman–Crippen LogP) is 2.79. The van der Waals surface area contributed by atoms with E-state index in [9.17, 15) is 15.3 Å². The summed E-state index contributed by atoms with van der Waals surface area (Å²) in [6.07, 6.45) is -2.29. The van der Waals surface area contributed by atoms with Gasteiger partial charge in [-0.15, -0.1) is 0 Å². The zero-order chi connectivity index (χ0) is 18.0. The van der Waals surface area contributed by atoms with Crippen LogP contribution in [0.15, 0.2) is 42.5 Å². The summed E-state index contributed by atoms with van der Waals surface area (Å²) >= 11 is 6.31. The number of halogens is 1. The Balaban J connectivity index is 1.84. The van der Waals surface area contributed by atoms with E-state index in [0.29, 0.717) is 11.4 Å². The molecule has 0 amide bonds. The Kier molecular flexibility index (Phi) is 5.61. The topological polar surface area (TPSA) is 79.2 Å². The van der Waals surface area contributed by atoms with Gasteiger partial charge in [-0.1, -0.05) is 35.9 Å². The van der Waals surface area contributed by atoms with Crippen molar-refractivity contribution in [2.24, 2.45) is 0 Å². The number of phenolic OH excluding ortho intramolecular Hbond substituents is 1. The van der Waals surface area contributed by atoms with E-state index in [-0.39, 0.29) is 12.2 Å². The molecule has 3 rings (SSSR count). The van der Waals surface area contributed by atoms with Gasteiger partial charge in [0.15, 0.2) is 6.29 Å². The van der Waals surface area contributed by atoms with Crippen LogP contribution in [0.1, 0.15) is 29.2 Å². The number of methoxy groups -OCH3 is 1.